The van der Waals surface area contributed by atoms with Crippen LogP contribution in [0.5, 0.6) is 0 Å². The molecule has 0 heterocycles. The van der Waals surface area contributed by atoms with Gasteiger partial charge < -0.3 is 10.8 Å². The molecule has 3 atom stereocenters. The van der Waals surface area contributed by atoms with Gasteiger partial charge in [0.05, 0.1) is 6.42 Å². The third kappa shape index (κ3) is 1.89. The van der Waals surface area contributed by atoms with Gasteiger partial charge in [0.25, 0.3) is 0 Å². The molecule has 0 spiro atoms. The van der Waals surface area contributed by atoms with Crippen LogP contribution in [-0.4, -0.2) is 17.6 Å². The van der Waals surface area contributed by atoms with Crippen LogP contribution in [0.1, 0.15) is 32.1 Å². The largest absolute Gasteiger partial charge is 0.481 e. The summed E-state index contributed by atoms with van der Waals surface area (Å²) in [7, 11) is 0. The standard InChI is InChI=1S/C10H17NO2.ClH/c11-6-10(5-9(12)13)3-7-1-2-8(7)4-10;/h7-8H,1-6,11H2,(H,12,13);1H/t7-,8?,10?;/m0./s1. The van der Waals surface area contributed by atoms with E-state index in [9.17, 15) is 4.79 Å². The monoisotopic (exact) mass is 219 g/mol. The van der Waals surface area contributed by atoms with Gasteiger partial charge in [0, 0.05) is 0 Å². The average molecular weight is 220 g/mol. The van der Waals surface area contributed by atoms with Crippen molar-refractivity contribution in [3.8, 4) is 0 Å². The summed E-state index contributed by atoms with van der Waals surface area (Å²) >= 11 is 0. The van der Waals surface area contributed by atoms with E-state index >= 15 is 0 Å². The van der Waals surface area contributed by atoms with Crippen molar-refractivity contribution in [3.63, 3.8) is 0 Å². The number of carboxylic acids is 1. The summed E-state index contributed by atoms with van der Waals surface area (Å²) < 4.78 is 0. The van der Waals surface area contributed by atoms with Crippen molar-refractivity contribution in [3.05, 3.63) is 0 Å². The lowest BCUT2D eigenvalue weighted by Crippen LogP contribution is -2.30. The summed E-state index contributed by atoms with van der Waals surface area (Å²) in [6, 6.07) is 0. The van der Waals surface area contributed by atoms with E-state index < -0.39 is 5.97 Å². The molecule has 3 nitrogen and oxygen atoms in total. The van der Waals surface area contributed by atoms with E-state index in [0.29, 0.717) is 6.54 Å². The zero-order valence-electron chi connectivity index (χ0n) is 8.24. The van der Waals surface area contributed by atoms with E-state index in [1.54, 1.807) is 0 Å². The second kappa shape index (κ2) is 4.07. The van der Waals surface area contributed by atoms with Gasteiger partial charge in [-0.2, -0.15) is 0 Å². The number of nitrogens with two attached hydrogens (primary N) is 1. The highest BCUT2D eigenvalue weighted by Crippen LogP contribution is 2.56. The molecule has 2 rings (SSSR count). The van der Waals surface area contributed by atoms with E-state index in [1.165, 1.54) is 12.8 Å². The second-order valence-electron chi connectivity index (χ2n) is 4.78. The van der Waals surface area contributed by atoms with Crippen molar-refractivity contribution in [2.45, 2.75) is 32.1 Å². The quantitative estimate of drug-likeness (QED) is 0.759. The number of fused-ring (bicyclic) bond motifs is 1. The molecule has 2 unspecified atom stereocenters. The Labute approximate surface area is 90.5 Å². The molecule has 0 amide bonds. The SMILES string of the molecule is Cl.NCC1(CC(=O)O)CC2CC[C@H]2C1. The predicted octanol–water partition coefficient (Wildman–Crippen LogP) is 1.65. The van der Waals surface area contributed by atoms with Gasteiger partial charge in [0.1, 0.15) is 0 Å². The minimum absolute atomic E-state index is 0. The number of rotatable bonds is 3. The molecule has 2 aliphatic rings. The molecular weight excluding hydrogens is 202 g/mol. The minimum atomic E-state index is -0.688. The Morgan fingerprint density at radius 3 is 2.14 bits per heavy atom. The van der Waals surface area contributed by atoms with Crippen LogP contribution in [0.4, 0.5) is 0 Å². The fraction of sp³-hybridized carbons (Fsp3) is 0.900. The number of carboxylic acid groups (broad SMARTS) is 1. The molecule has 4 heteroatoms. The van der Waals surface area contributed by atoms with E-state index in [0.717, 1.165) is 24.7 Å². The smallest absolute Gasteiger partial charge is 0.303 e. The lowest BCUT2D eigenvalue weighted by Gasteiger charge is -2.29. The number of hydrogen-bond acceptors (Lipinski definition) is 2. The Morgan fingerprint density at radius 1 is 1.36 bits per heavy atom. The molecule has 0 radical (unpaired) electrons. The van der Waals surface area contributed by atoms with Gasteiger partial charge in [-0.3, -0.25) is 4.79 Å². The van der Waals surface area contributed by atoms with Gasteiger partial charge in [-0.15, -0.1) is 12.4 Å². The lowest BCUT2D eigenvalue weighted by molar-refractivity contribution is -0.139. The molecule has 2 fully saturated rings. The highest BCUT2D eigenvalue weighted by atomic mass is 35.5. The van der Waals surface area contributed by atoms with Crippen LogP contribution >= 0.6 is 12.4 Å². The third-order valence-electron chi connectivity index (χ3n) is 3.92. The maximum Gasteiger partial charge on any atom is 0.303 e. The summed E-state index contributed by atoms with van der Waals surface area (Å²) in [6.07, 6.45) is 4.98. The fourth-order valence-electron chi connectivity index (χ4n) is 3.08. The number of aliphatic carboxylic acids is 1. The second-order valence-corrected chi connectivity index (χ2v) is 4.78. The van der Waals surface area contributed by atoms with Crippen LogP contribution in [0.15, 0.2) is 0 Å². The normalized spacial score (nSPS) is 39.5. The maximum atomic E-state index is 10.7. The Balaban J connectivity index is 0.000000980. The van der Waals surface area contributed by atoms with Crippen molar-refractivity contribution < 1.29 is 9.90 Å². The van der Waals surface area contributed by atoms with Crippen molar-refractivity contribution >= 4 is 18.4 Å². The van der Waals surface area contributed by atoms with Crippen molar-refractivity contribution in [1.82, 2.24) is 0 Å². The zero-order chi connectivity index (χ0) is 9.47. The first-order valence-corrected chi connectivity index (χ1v) is 5.07. The molecule has 2 saturated carbocycles. The highest BCUT2D eigenvalue weighted by molar-refractivity contribution is 5.85. The summed E-state index contributed by atoms with van der Waals surface area (Å²) in [5.74, 6) is 0.901. The summed E-state index contributed by atoms with van der Waals surface area (Å²) in [5.41, 5.74) is 5.65. The molecule has 82 valence electrons. The molecule has 2 aliphatic carbocycles. The van der Waals surface area contributed by atoms with E-state index in [1.807, 2.05) is 0 Å². The molecule has 14 heavy (non-hydrogen) atoms. The van der Waals surface area contributed by atoms with Crippen LogP contribution in [-0.2, 0) is 4.79 Å². The van der Waals surface area contributed by atoms with Gasteiger partial charge in [0.15, 0.2) is 0 Å². The predicted molar refractivity (Wildman–Crippen MR) is 56.4 cm³/mol. The van der Waals surface area contributed by atoms with E-state index in [4.69, 9.17) is 10.8 Å². The Kier molecular flexibility index (Phi) is 3.43. The van der Waals surface area contributed by atoms with Crippen LogP contribution in [0.2, 0.25) is 0 Å². The number of carbonyl (C=O) groups is 1. The molecule has 0 saturated heterocycles. The van der Waals surface area contributed by atoms with Crippen LogP contribution in [0, 0.1) is 17.3 Å². The van der Waals surface area contributed by atoms with Crippen molar-refractivity contribution in [2.24, 2.45) is 23.0 Å². The highest BCUT2D eigenvalue weighted by Gasteiger charge is 2.49. The Hall–Kier alpha value is -0.280. The first-order chi connectivity index (χ1) is 6.15. The van der Waals surface area contributed by atoms with Crippen LogP contribution < -0.4 is 5.73 Å². The van der Waals surface area contributed by atoms with Crippen LogP contribution in [0.3, 0.4) is 0 Å². The average Bonchev–Trinajstić information content (AvgIpc) is 2.28. The number of hydrogen-bond donors (Lipinski definition) is 2. The first kappa shape index (κ1) is 11.8. The molecule has 3 N–H and O–H groups in total. The van der Waals surface area contributed by atoms with Gasteiger partial charge in [-0.25, -0.2) is 0 Å². The Morgan fingerprint density at radius 2 is 1.86 bits per heavy atom. The lowest BCUT2D eigenvalue weighted by atomic mass is 9.77. The molecule has 0 aromatic carbocycles. The first-order valence-electron chi connectivity index (χ1n) is 5.07. The molecule has 0 bridgehead atoms. The van der Waals surface area contributed by atoms with Gasteiger partial charge in [0.2, 0.25) is 0 Å². The minimum Gasteiger partial charge on any atom is -0.481 e. The summed E-state index contributed by atoms with van der Waals surface area (Å²) in [6.45, 7) is 0.548. The topological polar surface area (TPSA) is 63.3 Å². The fourth-order valence-corrected chi connectivity index (χ4v) is 3.08. The maximum absolute atomic E-state index is 10.7. The van der Waals surface area contributed by atoms with Crippen molar-refractivity contribution in [1.29, 1.82) is 0 Å². The van der Waals surface area contributed by atoms with Gasteiger partial charge >= 0.3 is 5.97 Å². The molecule has 0 aliphatic heterocycles. The zero-order valence-corrected chi connectivity index (χ0v) is 9.05. The van der Waals surface area contributed by atoms with E-state index in [2.05, 4.69) is 0 Å². The van der Waals surface area contributed by atoms with Gasteiger partial charge in [-0.1, -0.05) is 0 Å². The molecule has 0 aromatic heterocycles. The van der Waals surface area contributed by atoms with E-state index in [-0.39, 0.29) is 24.2 Å². The van der Waals surface area contributed by atoms with Crippen molar-refractivity contribution in [2.75, 3.05) is 6.54 Å². The Bertz CT molecular complexity index is 220. The molecule has 0 aromatic rings. The summed E-state index contributed by atoms with van der Waals surface area (Å²) in [5, 5.41) is 8.81. The van der Waals surface area contributed by atoms with Gasteiger partial charge in [-0.05, 0) is 49.5 Å². The summed E-state index contributed by atoms with van der Waals surface area (Å²) in [4.78, 5) is 10.7. The molecular formula is C10H18ClNO2. The van der Waals surface area contributed by atoms with Crippen LogP contribution in [0.25, 0.3) is 0 Å². The third-order valence-corrected chi connectivity index (χ3v) is 3.92. The number of halogens is 1.